The number of aromatic nitrogens is 2. The molecule has 2 N–H and O–H groups in total. The summed E-state index contributed by atoms with van der Waals surface area (Å²) in [5.41, 5.74) is 3.58. The molecule has 0 bridgehead atoms. The molecule has 0 saturated carbocycles. The van der Waals surface area contributed by atoms with Gasteiger partial charge in [0.15, 0.2) is 0 Å². The van der Waals surface area contributed by atoms with E-state index in [0.717, 1.165) is 32.5 Å². The highest BCUT2D eigenvalue weighted by molar-refractivity contribution is 6.32. The van der Waals surface area contributed by atoms with Gasteiger partial charge in [-0.15, -0.1) is 0 Å². The summed E-state index contributed by atoms with van der Waals surface area (Å²) in [5.74, 6) is 5.56. The normalized spacial score (nSPS) is 10.4. The second-order valence-corrected chi connectivity index (χ2v) is 8.37. The molecule has 3 rings (SSSR count). The van der Waals surface area contributed by atoms with E-state index in [0.29, 0.717) is 6.42 Å². The zero-order valence-electron chi connectivity index (χ0n) is 19.7. The summed E-state index contributed by atoms with van der Waals surface area (Å²) in [7, 11) is 3.19. The number of halogens is 1. The molecule has 1 heterocycles. The van der Waals surface area contributed by atoms with Crippen LogP contribution in [-0.4, -0.2) is 22.1 Å². The predicted molar refractivity (Wildman–Crippen MR) is 137 cm³/mol. The summed E-state index contributed by atoms with van der Waals surface area (Å²) in [5, 5.41) is 5.53. The first-order valence-electron chi connectivity index (χ1n) is 10.8. The van der Waals surface area contributed by atoms with Crippen LogP contribution >= 0.6 is 11.6 Å². The van der Waals surface area contributed by atoms with E-state index < -0.39 is 11.2 Å². The van der Waals surface area contributed by atoms with Crippen molar-refractivity contribution >= 4 is 28.9 Å². The lowest BCUT2D eigenvalue weighted by molar-refractivity contribution is -0.116. The third-order valence-electron chi connectivity index (χ3n) is 5.47. The Morgan fingerprint density at radius 3 is 2.44 bits per heavy atom. The van der Waals surface area contributed by atoms with Gasteiger partial charge in [-0.05, 0) is 49.6 Å². The Morgan fingerprint density at radius 2 is 1.79 bits per heavy atom. The Balaban J connectivity index is 1.79. The van der Waals surface area contributed by atoms with Crippen molar-refractivity contribution < 1.29 is 4.79 Å². The van der Waals surface area contributed by atoms with Crippen LogP contribution in [0.2, 0.25) is 5.15 Å². The molecular weight excluding hydrogens is 452 g/mol. The molecule has 8 heteroatoms. The number of benzene rings is 2. The molecule has 0 aliphatic heterocycles. The fourth-order valence-electron chi connectivity index (χ4n) is 3.44. The van der Waals surface area contributed by atoms with Gasteiger partial charge in [-0.2, -0.15) is 0 Å². The van der Waals surface area contributed by atoms with Gasteiger partial charge in [0.05, 0.1) is 6.54 Å². The Morgan fingerprint density at radius 1 is 1.09 bits per heavy atom. The van der Waals surface area contributed by atoms with Crippen LogP contribution in [0.5, 0.6) is 0 Å². The zero-order chi connectivity index (χ0) is 24.8. The second kappa shape index (κ2) is 10.9. The van der Waals surface area contributed by atoms with Crippen LogP contribution in [0.25, 0.3) is 0 Å². The van der Waals surface area contributed by atoms with Gasteiger partial charge in [0.1, 0.15) is 10.8 Å². The predicted octanol–water partition coefficient (Wildman–Crippen LogP) is 3.48. The number of rotatable bonds is 6. The molecule has 1 amide bonds. The monoisotopic (exact) mass is 478 g/mol. The lowest BCUT2D eigenvalue weighted by atomic mass is 10.1. The summed E-state index contributed by atoms with van der Waals surface area (Å²) in [6.07, 6.45) is 0.685. The number of carbonyl (C=O) groups excluding carboxylic acids is 1. The van der Waals surface area contributed by atoms with Crippen LogP contribution in [0.4, 0.5) is 11.4 Å². The first-order chi connectivity index (χ1) is 16.2. The van der Waals surface area contributed by atoms with Crippen molar-refractivity contribution in [1.82, 2.24) is 9.13 Å². The largest absolute Gasteiger partial charge is 0.388 e. The molecule has 1 aromatic heterocycles. The lowest BCUT2D eigenvalue weighted by Crippen LogP contribution is -2.40. The lowest BCUT2D eigenvalue weighted by Gasteiger charge is -2.13. The summed E-state index contributed by atoms with van der Waals surface area (Å²) in [6, 6.07) is 13.6. The molecule has 0 radical (unpaired) electrons. The van der Waals surface area contributed by atoms with Crippen LogP contribution in [0.1, 0.15) is 28.7 Å². The summed E-state index contributed by atoms with van der Waals surface area (Å²) in [6.45, 7) is 3.93. The molecule has 2 aromatic carbocycles. The molecule has 0 aliphatic rings. The van der Waals surface area contributed by atoms with Crippen molar-refractivity contribution in [2.45, 2.75) is 33.2 Å². The van der Waals surface area contributed by atoms with E-state index in [9.17, 15) is 14.4 Å². The van der Waals surface area contributed by atoms with Crippen molar-refractivity contribution in [3.63, 3.8) is 0 Å². The molecule has 176 valence electrons. The molecule has 0 unspecified atom stereocenters. The van der Waals surface area contributed by atoms with Crippen LogP contribution in [0, 0.1) is 25.7 Å². The highest BCUT2D eigenvalue weighted by Gasteiger charge is 2.17. The number of nitrogens with one attached hydrogen (secondary N) is 2. The second-order valence-electron chi connectivity index (χ2n) is 8.01. The summed E-state index contributed by atoms with van der Waals surface area (Å²) >= 11 is 6.38. The number of hydrogen-bond acceptors (Lipinski definition) is 4. The average Bonchev–Trinajstić information content (AvgIpc) is 2.82. The minimum atomic E-state index is -0.666. The Labute approximate surface area is 203 Å². The van der Waals surface area contributed by atoms with Gasteiger partial charge in [-0.1, -0.05) is 53.3 Å². The maximum atomic E-state index is 12.6. The number of amides is 1. The third kappa shape index (κ3) is 5.77. The summed E-state index contributed by atoms with van der Waals surface area (Å²) < 4.78 is 2.08. The maximum absolute atomic E-state index is 12.6. The molecule has 7 nitrogen and oxygen atoms in total. The number of aryl methyl sites for hydroxylation is 3. The van der Waals surface area contributed by atoms with E-state index in [-0.39, 0.29) is 29.7 Å². The highest BCUT2D eigenvalue weighted by Crippen LogP contribution is 2.17. The fraction of sp³-hybridized carbons (Fsp3) is 0.269. The van der Waals surface area contributed by atoms with Crippen LogP contribution in [-0.2, 0) is 24.8 Å². The van der Waals surface area contributed by atoms with Crippen molar-refractivity contribution in [3.05, 3.63) is 90.7 Å². The number of hydrogen-bond donors (Lipinski definition) is 2. The van der Waals surface area contributed by atoms with Crippen molar-refractivity contribution in [1.29, 1.82) is 0 Å². The summed E-state index contributed by atoms with van der Waals surface area (Å²) in [4.78, 5) is 37.7. The molecule has 0 spiro atoms. The van der Waals surface area contributed by atoms with Gasteiger partial charge in [0.25, 0.3) is 5.56 Å². The van der Waals surface area contributed by atoms with Crippen molar-refractivity contribution in [2.75, 3.05) is 17.7 Å². The van der Waals surface area contributed by atoms with E-state index in [1.165, 1.54) is 11.6 Å². The maximum Gasteiger partial charge on any atom is 0.332 e. The van der Waals surface area contributed by atoms with E-state index in [1.54, 1.807) is 0 Å². The first kappa shape index (κ1) is 24.9. The van der Waals surface area contributed by atoms with Gasteiger partial charge in [-0.3, -0.25) is 18.7 Å². The Hall–Kier alpha value is -3.76. The van der Waals surface area contributed by atoms with E-state index >= 15 is 0 Å². The fourth-order valence-corrected chi connectivity index (χ4v) is 3.70. The number of nitrogens with zero attached hydrogens (tertiary/aromatic N) is 2. The standard InChI is InChI=1S/C26H27ClN4O3/c1-17-7-9-19(10-8-17)12-14-22(32)29-23-24(27)31(26(34)30(4)25(23)33)15-5-6-20-11-13-21(28-3)18(2)16-20/h7-11,13,16,28H,12,14-15H2,1-4H3,(H,29,32). The quantitative estimate of drug-likeness (QED) is 0.419. The molecule has 0 saturated heterocycles. The van der Waals surface area contributed by atoms with Crippen molar-refractivity contribution in [3.8, 4) is 11.8 Å². The first-order valence-corrected chi connectivity index (χ1v) is 11.2. The van der Waals surface area contributed by atoms with Gasteiger partial charge in [0.2, 0.25) is 5.91 Å². The molecule has 3 aromatic rings. The van der Waals surface area contributed by atoms with E-state index in [1.807, 2.05) is 63.4 Å². The van der Waals surface area contributed by atoms with Gasteiger partial charge < -0.3 is 10.6 Å². The topological polar surface area (TPSA) is 85.1 Å². The number of anilines is 2. The molecule has 0 fully saturated rings. The van der Waals surface area contributed by atoms with Crippen molar-refractivity contribution in [2.24, 2.45) is 7.05 Å². The molecule has 0 aliphatic carbocycles. The number of carbonyl (C=O) groups is 1. The minimum absolute atomic E-state index is 0.0369. The average molecular weight is 479 g/mol. The SMILES string of the molecule is CNc1ccc(C#CCn2c(Cl)c(NC(=O)CCc3ccc(C)cc3)c(=O)n(C)c2=O)cc1C. The van der Waals surface area contributed by atoms with Crippen LogP contribution < -0.4 is 21.9 Å². The zero-order valence-corrected chi connectivity index (χ0v) is 20.4. The van der Waals surface area contributed by atoms with E-state index in [4.69, 9.17) is 11.6 Å². The van der Waals surface area contributed by atoms with Crippen LogP contribution in [0.3, 0.4) is 0 Å². The highest BCUT2D eigenvalue weighted by atomic mass is 35.5. The Kier molecular flexibility index (Phi) is 7.98. The Bertz CT molecular complexity index is 1390. The van der Waals surface area contributed by atoms with Crippen LogP contribution in [0.15, 0.2) is 52.1 Å². The smallest absolute Gasteiger partial charge is 0.332 e. The van der Waals surface area contributed by atoms with Gasteiger partial charge in [0, 0.05) is 31.8 Å². The third-order valence-corrected chi connectivity index (χ3v) is 5.86. The molecular formula is C26H27ClN4O3. The van der Waals surface area contributed by atoms with E-state index in [2.05, 4.69) is 22.5 Å². The van der Waals surface area contributed by atoms with Gasteiger partial charge >= 0.3 is 5.69 Å². The minimum Gasteiger partial charge on any atom is -0.388 e. The van der Waals surface area contributed by atoms with Gasteiger partial charge in [-0.25, -0.2) is 4.79 Å². The molecule has 0 atom stereocenters. The molecule has 34 heavy (non-hydrogen) atoms.